The van der Waals surface area contributed by atoms with Crippen molar-refractivity contribution in [3.63, 3.8) is 0 Å². The van der Waals surface area contributed by atoms with E-state index in [0.29, 0.717) is 11.7 Å². The highest BCUT2D eigenvalue weighted by Crippen LogP contribution is 2.24. The van der Waals surface area contributed by atoms with E-state index >= 15 is 0 Å². The van der Waals surface area contributed by atoms with Crippen LogP contribution in [0.4, 0.5) is 5.69 Å². The third-order valence-corrected chi connectivity index (χ3v) is 4.70. The first-order chi connectivity index (χ1) is 13.2. The fourth-order valence-corrected chi connectivity index (χ4v) is 2.74. The molecule has 5 heteroatoms. The second kappa shape index (κ2) is 9.40. The van der Waals surface area contributed by atoms with Crippen LogP contribution in [-0.4, -0.2) is 36.9 Å². The van der Waals surface area contributed by atoms with Gasteiger partial charge >= 0.3 is 0 Å². The first-order valence-corrected chi connectivity index (χ1v) is 9.51. The number of anilines is 1. The molecule has 0 aromatic heterocycles. The van der Waals surface area contributed by atoms with E-state index in [-0.39, 0.29) is 25.0 Å². The molecule has 2 amide bonds. The van der Waals surface area contributed by atoms with E-state index in [4.69, 9.17) is 4.74 Å². The van der Waals surface area contributed by atoms with Crippen LogP contribution in [0, 0.1) is 20.8 Å². The van der Waals surface area contributed by atoms with Crippen molar-refractivity contribution in [2.45, 2.75) is 40.5 Å². The summed E-state index contributed by atoms with van der Waals surface area (Å²) < 4.78 is 5.72. The van der Waals surface area contributed by atoms with Crippen LogP contribution in [0.25, 0.3) is 0 Å². The molecule has 2 aromatic carbocycles. The van der Waals surface area contributed by atoms with E-state index in [1.54, 1.807) is 7.05 Å². The molecule has 0 bridgehead atoms. The largest absolute Gasteiger partial charge is 0.483 e. The van der Waals surface area contributed by atoms with Crippen molar-refractivity contribution in [1.82, 2.24) is 4.90 Å². The predicted octanol–water partition coefficient (Wildman–Crippen LogP) is 4.21. The summed E-state index contributed by atoms with van der Waals surface area (Å²) in [7, 11) is 1.60. The molecule has 5 nitrogen and oxygen atoms in total. The molecule has 0 saturated heterocycles. The van der Waals surface area contributed by atoms with Gasteiger partial charge in [0.1, 0.15) is 5.75 Å². The Morgan fingerprint density at radius 2 is 1.71 bits per heavy atom. The number of benzene rings is 2. The molecular weight excluding hydrogens is 352 g/mol. The Morgan fingerprint density at radius 3 is 2.39 bits per heavy atom. The fraction of sp³-hybridized carbons (Fsp3) is 0.391. The van der Waals surface area contributed by atoms with Gasteiger partial charge in [-0.2, -0.15) is 0 Å². The molecule has 1 N–H and O–H groups in total. The zero-order valence-electron chi connectivity index (χ0n) is 17.6. The van der Waals surface area contributed by atoms with Gasteiger partial charge in [0.15, 0.2) is 6.61 Å². The summed E-state index contributed by atoms with van der Waals surface area (Å²) in [6.07, 6.45) is 0. The molecule has 28 heavy (non-hydrogen) atoms. The second-order valence-electron chi connectivity index (χ2n) is 7.58. The molecule has 150 valence electrons. The maximum atomic E-state index is 12.4. The monoisotopic (exact) mass is 382 g/mol. The molecule has 0 aliphatic carbocycles. The first-order valence-electron chi connectivity index (χ1n) is 9.51. The van der Waals surface area contributed by atoms with E-state index in [1.807, 2.05) is 51.1 Å². The van der Waals surface area contributed by atoms with Gasteiger partial charge in [0.2, 0.25) is 5.91 Å². The van der Waals surface area contributed by atoms with Crippen molar-refractivity contribution < 1.29 is 14.3 Å². The van der Waals surface area contributed by atoms with Crippen molar-refractivity contribution in [3.8, 4) is 5.75 Å². The lowest BCUT2D eigenvalue weighted by Gasteiger charge is -2.19. The van der Waals surface area contributed by atoms with Crippen LogP contribution in [0.2, 0.25) is 0 Å². The number of likely N-dealkylation sites (N-methyl/N-ethyl adjacent to an activating group) is 1. The van der Waals surface area contributed by atoms with Gasteiger partial charge < -0.3 is 15.0 Å². The van der Waals surface area contributed by atoms with Gasteiger partial charge in [0.25, 0.3) is 5.91 Å². The molecule has 0 aliphatic heterocycles. The summed E-state index contributed by atoms with van der Waals surface area (Å²) in [5.74, 6) is 0.607. The van der Waals surface area contributed by atoms with E-state index in [0.717, 1.165) is 27.9 Å². The highest BCUT2D eigenvalue weighted by molar-refractivity contribution is 5.95. The number of nitrogens with zero attached hydrogens (tertiary/aromatic N) is 1. The van der Waals surface area contributed by atoms with Crippen molar-refractivity contribution in [1.29, 1.82) is 0 Å². The summed E-state index contributed by atoms with van der Waals surface area (Å²) in [5.41, 5.74) is 4.96. The van der Waals surface area contributed by atoms with Crippen LogP contribution in [0.15, 0.2) is 36.4 Å². The summed E-state index contributed by atoms with van der Waals surface area (Å²) >= 11 is 0. The second-order valence-corrected chi connectivity index (χ2v) is 7.58. The number of carbonyl (C=O) groups excluding carboxylic acids is 2. The number of amides is 2. The number of rotatable bonds is 7. The SMILES string of the molecule is Cc1ccc(C)c(NC(=O)CN(C)C(=O)COc2cc(C(C)C)ccc2C)c1. The molecule has 0 saturated carbocycles. The van der Waals surface area contributed by atoms with Crippen LogP contribution in [0.3, 0.4) is 0 Å². The fourth-order valence-electron chi connectivity index (χ4n) is 2.74. The van der Waals surface area contributed by atoms with Crippen molar-refractivity contribution in [2.75, 3.05) is 25.5 Å². The highest BCUT2D eigenvalue weighted by atomic mass is 16.5. The molecule has 0 fully saturated rings. The standard InChI is InChI=1S/C23H30N2O3/c1-15(2)19-10-9-18(5)21(12-19)28-14-23(27)25(6)13-22(26)24-20-11-16(3)7-8-17(20)4/h7-12,15H,13-14H2,1-6H3,(H,24,26). The first kappa shape index (κ1) is 21.5. The maximum Gasteiger partial charge on any atom is 0.260 e. The Morgan fingerprint density at radius 1 is 1.04 bits per heavy atom. The third kappa shape index (κ3) is 5.84. The molecule has 0 heterocycles. The summed E-state index contributed by atoms with van der Waals surface area (Å²) in [6.45, 7) is 9.95. The Kier molecular flexibility index (Phi) is 7.21. The number of hydrogen-bond donors (Lipinski definition) is 1. The van der Waals surface area contributed by atoms with Crippen molar-refractivity contribution in [2.24, 2.45) is 0 Å². The van der Waals surface area contributed by atoms with E-state index < -0.39 is 0 Å². The number of ether oxygens (including phenoxy) is 1. The average molecular weight is 383 g/mol. The number of nitrogens with one attached hydrogen (secondary N) is 1. The molecule has 0 spiro atoms. The number of hydrogen-bond acceptors (Lipinski definition) is 3. The summed E-state index contributed by atoms with van der Waals surface area (Å²) in [4.78, 5) is 26.0. The van der Waals surface area contributed by atoms with Gasteiger partial charge in [-0.1, -0.05) is 38.1 Å². The van der Waals surface area contributed by atoms with Gasteiger partial charge in [-0.15, -0.1) is 0 Å². The minimum atomic E-state index is -0.245. The number of aryl methyl sites for hydroxylation is 3. The summed E-state index contributed by atoms with van der Waals surface area (Å²) in [5, 5.41) is 2.87. The van der Waals surface area contributed by atoms with Crippen LogP contribution in [-0.2, 0) is 9.59 Å². The Hall–Kier alpha value is -2.82. The minimum Gasteiger partial charge on any atom is -0.483 e. The number of carbonyl (C=O) groups is 2. The topological polar surface area (TPSA) is 58.6 Å². The molecule has 2 rings (SSSR count). The van der Waals surface area contributed by atoms with Crippen molar-refractivity contribution >= 4 is 17.5 Å². The molecule has 2 aromatic rings. The Bertz CT molecular complexity index is 859. The quantitative estimate of drug-likeness (QED) is 0.780. The van der Waals surface area contributed by atoms with Crippen LogP contribution in [0.1, 0.15) is 42.0 Å². The highest BCUT2D eigenvalue weighted by Gasteiger charge is 2.15. The van der Waals surface area contributed by atoms with Crippen LogP contribution < -0.4 is 10.1 Å². The molecular formula is C23H30N2O3. The van der Waals surface area contributed by atoms with E-state index in [2.05, 4.69) is 25.2 Å². The van der Waals surface area contributed by atoms with Crippen LogP contribution >= 0.6 is 0 Å². The van der Waals surface area contributed by atoms with Gasteiger partial charge in [-0.25, -0.2) is 0 Å². The van der Waals surface area contributed by atoms with Gasteiger partial charge in [0, 0.05) is 12.7 Å². The predicted molar refractivity (Wildman–Crippen MR) is 113 cm³/mol. The third-order valence-electron chi connectivity index (χ3n) is 4.70. The summed E-state index contributed by atoms with van der Waals surface area (Å²) in [6, 6.07) is 11.9. The lowest BCUT2D eigenvalue weighted by atomic mass is 10.0. The molecule has 0 aliphatic rings. The minimum absolute atomic E-state index is 0.0272. The van der Waals surface area contributed by atoms with Crippen molar-refractivity contribution in [3.05, 3.63) is 58.7 Å². The maximum absolute atomic E-state index is 12.4. The normalized spacial score (nSPS) is 10.7. The zero-order chi connectivity index (χ0) is 20.8. The average Bonchev–Trinajstić information content (AvgIpc) is 2.63. The van der Waals surface area contributed by atoms with Gasteiger partial charge in [-0.3, -0.25) is 9.59 Å². The molecule has 0 radical (unpaired) electrons. The molecule has 0 unspecified atom stereocenters. The van der Waals surface area contributed by atoms with Gasteiger partial charge in [-0.05, 0) is 61.1 Å². The Labute approximate surface area is 167 Å². The van der Waals surface area contributed by atoms with Crippen LogP contribution in [0.5, 0.6) is 5.75 Å². The van der Waals surface area contributed by atoms with Gasteiger partial charge in [0.05, 0.1) is 6.54 Å². The lowest BCUT2D eigenvalue weighted by Crippen LogP contribution is -2.37. The zero-order valence-corrected chi connectivity index (χ0v) is 17.6. The van der Waals surface area contributed by atoms with E-state index in [9.17, 15) is 9.59 Å². The molecule has 0 atom stereocenters. The Balaban J connectivity index is 1.91. The lowest BCUT2D eigenvalue weighted by molar-refractivity contribution is -0.135. The smallest absolute Gasteiger partial charge is 0.260 e. The van der Waals surface area contributed by atoms with E-state index in [1.165, 1.54) is 4.90 Å².